The highest BCUT2D eigenvalue weighted by molar-refractivity contribution is 5.97. The summed E-state index contributed by atoms with van der Waals surface area (Å²) < 4.78 is 26.0. The Morgan fingerprint density at radius 2 is 2.12 bits per heavy atom. The summed E-state index contributed by atoms with van der Waals surface area (Å²) in [5, 5.41) is 2.95. The molecule has 0 heterocycles. The Labute approximate surface area is 92.7 Å². The molecule has 0 unspecified atom stereocenters. The zero-order valence-corrected chi connectivity index (χ0v) is 8.80. The second kappa shape index (κ2) is 4.70. The summed E-state index contributed by atoms with van der Waals surface area (Å²) in [6.07, 6.45) is 2.38. The van der Waals surface area contributed by atoms with E-state index in [1.807, 2.05) is 0 Å². The first-order valence-electron chi connectivity index (χ1n) is 5.36. The molecule has 0 radical (unpaired) electrons. The molecule has 0 spiro atoms. The molecule has 2 nitrogen and oxygen atoms in total. The van der Waals surface area contributed by atoms with Gasteiger partial charge in [-0.2, -0.15) is 0 Å². The van der Waals surface area contributed by atoms with Crippen molar-refractivity contribution >= 4 is 5.78 Å². The maximum Gasteiger partial charge on any atom is 0.179 e. The van der Waals surface area contributed by atoms with Crippen LogP contribution in [0.5, 0.6) is 0 Å². The van der Waals surface area contributed by atoms with E-state index in [2.05, 4.69) is 5.32 Å². The Hall–Kier alpha value is -1.29. The van der Waals surface area contributed by atoms with Crippen molar-refractivity contribution in [1.82, 2.24) is 5.32 Å². The smallest absolute Gasteiger partial charge is 0.179 e. The Balaban J connectivity index is 1.93. The van der Waals surface area contributed by atoms with Gasteiger partial charge in [-0.3, -0.25) is 4.79 Å². The molecule has 1 aromatic rings. The first kappa shape index (κ1) is 11.2. The third kappa shape index (κ3) is 2.85. The number of halogens is 2. The number of ketones is 1. The van der Waals surface area contributed by atoms with Crippen molar-refractivity contribution in [2.75, 3.05) is 13.1 Å². The summed E-state index contributed by atoms with van der Waals surface area (Å²) in [5.74, 6) is -1.01. The highest BCUT2D eigenvalue weighted by Crippen LogP contribution is 2.27. The van der Waals surface area contributed by atoms with E-state index < -0.39 is 17.4 Å². The van der Waals surface area contributed by atoms with Crippen LogP contribution in [0.4, 0.5) is 8.78 Å². The van der Waals surface area contributed by atoms with Crippen LogP contribution in [-0.4, -0.2) is 18.9 Å². The molecule has 86 valence electrons. The third-order valence-electron chi connectivity index (χ3n) is 2.64. The van der Waals surface area contributed by atoms with Crippen molar-refractivity contribution in [1.29, 1.82) is 0 Å². The lowest BCUT2D eigenvalue weighted by Crippen LogP contribution is -2.25. The number of hydrogen-bond donors (Lipinski definition) is 1. The highest BCUT2D eigenvalue weighted by atomic mass is 19.1. The van der Waals surface area contributed by atoms with E-state index in [0.29, 0.717) is 5.92 Å². The molecule has 1 aromatic carbocycles. The molecule has 1 aliphatic carbocycles. The van der Waals surface area contributed by atoms with E-state index in [-0.39, 0.29) is 12.1 Å². The minimum Gasteiger partial charge on any atom is -0.309 e. The van der Waals surface area contributed by atoms with Gasteiger partial charge < -0.3 is 5.32 Å². The van der Waals surface area contributed by atoms with Gasteiger partial charge >= 0.3 is 0 Å². The van der Waals surface area contributed by atoms with Crippen molar-refractivity contribution in [3.8, 4) is 0 Å². The Morgan fingerprint density at radius 1 is 1.38 bits per heavy atom. The molecule has 0 aliphatic heterocycles. The van der Waals surface area contributed by atoms with E-state index in [9.17, 15) is 13.6 Å². The summed E-state index contributed by atoms with van der Waals surface area (Å²) in [6, 6.07) is 2.92. The fourth-order valence-corrected chi connectivity index (χ4v) is 1.52. The molecule has 1 saturated carbocycles. The minimum absolute atomic E-state index is 0.0663. The molecule has 16 heavy (non-hydrogen) atoms. The number of hydrogen-bond acceptors (Lipinski definition) is 2. The number of carbonyl (C=O) groups is 1. The molecule has 1 fully saturated rings. The minimum atomic E-state index is -0.667. The van der Waals surface area contributed by atoms with Crippen molar-refractivity contribution in [2.24, 2.45) is 5.92 Å². The zero-order chi connectivity index (χ0) is 11.5. The molecule has 1 aliphatic rings. The maximum atomic E-state index is 13.2. The fraction of sp³-hybridized carbons (Fsp3) is 0.417. The van der Waals surface area contributed by atoms with Crippen LogP contribution < -0.4 is 5.32 Å². The number of rotatable bonds is 5. The Kier molecular flexibility index (Phi) is 3.29. The van der Waals surface area contributed by atoms with Gasteiger partial charge in [-0.05, 0) is 43.5 Å². The van der Waals surface area contributed by atoms with Crippen LogP contribution >= 0.6 is 0 Å². The van der Waals surface area contributed by atoms with Crippen LogP contribution in [-0.2, 0) is 0 Å². The Morgan fingerprint density at radius 3 is 2.81 bits per heavy atom. The fourth-order valence-electron chi connectivity index (χ4n) is 1.52. The lowest BCUT2D eigenvalue weighted by Gasteiger charge is -2.04. The van der Waals surface area contributed by atoms with Gasteiger partial charge in [0, 0.05) is 0 Å². The average Bonchev–Trinajstić information content (AvgIpc) is 3.05. The Bertz CT molecular complexity index is 402. The number of carbonyl (C=O) groups excluding carboxylic acids is 1. The van der Waals surface area contributed by atoms with Gasteiger partial charge in [0.2, 0.25) is 0 Å². The predicted molar refractivity (Wildman–Crippen MR) is 56.3 cm³/mol. The first-order chi connectivity index (χ1) is 7.66. The molecule has 1 N–H and O–H groups in total. The summed E-state index contributed by atoms with van der Waals surface area (Å²) >= 11 is 0. The number of nitrogens with one attached hydrogen (secondary N) is 1. The SMILES string of the molecule is O=C(CNCC1CC1)c1cc(F)ccc1F. The molecule has 0 bridgehead atoms. The van der Waals surface area contributed by atoms with E-state index in [1.165, 1.54) is 12.8 Å². The van der Waals surface area contributed by atoms with Crippen LogP contribution in [0.2, 0.25) is 0 Å². The summed E-state index contributed by atoms with van der Waals surface area (Å²) in [4.78, 5) is 11.6. The molecule has 0 atom stereocenters. The number of benzene rings is 1. The monoisotopic (exact) mass is 225 g/mol. The zero-order valence-electron chi connectivity index (χ0n) is 8.80. The van der Waals surface area contributed by atoms with Crippen LogP contribution in [0, 0.1) is 17.6 Å². The first-order valence-corrected chi connectivity index (χ1v) is 5.36. The van der Waals surface area contributed by atoms with Crippen molar-refractivity contribution in [3.63, 3.8) is 0 Å². The normalized spacial score (nSPS) is 15.1. The molecular formula is C12H13F2NO. The van der Waals surface area contributed by atoms with Gasteiger partial charge in [0.25, 0.3) is 0 Å². The van der Waals surface area contributed by atoms with Gasteiger partial charge in [-0.15, -0.1) is 0 Å². The standard InChI is InChI=1S/C12H13F2NO/c13-9-3-4-11(14)10(5-9)12(16)7-15-6-8-1-2-8/h3-5,8,15H,1-2,6-7H2. The number of Topliss-reactive ketones (excluding diaryl/α,β-unsaturated/α-hetero) is 1. The van der Waals surface area contributed by atoms with Crippen molar-refractivity contribution in [3.05, 3.63) is 35.4 Å². The molecule has 4 heteroatoms. The van der Waals surface area contributed by atoms with Crippen LogP contribution in [0.15, 0.2) is 18.2 Å². The van der Waals surface area contributed by atoms with Crippen molar-refractivity contribution in [2.45, 2.75) is 12.8 Å². The lowest BCUT2D eigenvalue weighted by atomic mass is 10.1. The van der Waals surface area contributed by atoms with Gasteiger partial charge in [0.05, 0.1) is 12.1 Å². The van der Waals surface area contributed by atoms with Crippen molar-refractivity contribution < 1.29 is 13.6 Å². The predicted octanol–water partition coefficient (Wildman–Crippen LogP) is 2.15. The van der Waals surface area contributed by atoms with E-state index in [4.69, 9.17) is 0 Å². The largest absolute Gasteiger partial charge is 0.309 e. The topological polar surface area (TPSA) is 29.1 Å². The van der Waals surface area contributed by atoms with Crippen LogP contribution in [0.3, 0.4) is 0 Å². The van der Waals surface area contributed by atoms with Gasteiger partial charge in [0.1, 0.15) is 11.6 Å². The van der Waals surface area contributed by atoms with Gasteiger partial charge in [-0.1, -0.05) is 0 Å². The second-order valence-corrected chi connectivity index (χ2v) is 4.12. The lowest BCUT2D eigenvalue weighted by molar-refractivity contribution is 0.0986. The molecule has 0 aromatic heterocycles. The maximum absolute atomic E-state index is 13.2. The van der Waals surface area contributed by atoms with Gasteiger partial charge in [0.15, 0.2) is 5.78 Å². The highest BCUT2D eigenvalue weighted by Gasteiger charge is 2.21. The van der Waals surface area contributed by atoms with Crippen LogP contribution in [0.1, 0.15) is 23.2 Å². The summed E-state index contributed by atoms with van der Waals surface area (Å²) in [5.41, 5.74) is -0.178. The molecule has 0 amide bonds. The van der Waals surface area contributed by atoms with Crippen LogP contribution in [0.25, 0.3) is 0 Å². The average molecular weight is 225 g/mol. The molecule has 2 rings (SSSR count). The second-order valence-electron chi connectivity index (χ2n) is 4.12. The third-order valence-corrected chi connectivity index (χ3v) is 2.64. The summed E-state index contributed by atoms with van der Waals surface area (Å²) in [6.45, 7) is 0.847. The van der Waals surface area contributed by atoms with E-state index in [1.54, 1.807) is 0 Å². The van der Waals surface area contributed by atoms with Gasteiger partial charge in [-0.25, -0.2) is 8.78 Å². The molecular weight excluding hydrogens is 212 g/mol. The van der Waals surface area contributed by atoms with E-state index in [0.717, 1.165) is 24.7 Å². The molecule has 0 saturated heterocycles. The van der Waals surface area contributed by atoms with E-state index >= 15 is 0 Å². The quantitative estimate of drug-likeness (QED) is 0.778. The summed E-state index contributed by atoms with van der Waals surface area (Å²) in [7, 11) is 0.